The molecule has 0 aliphatic heterocycles. The normalized spacial score (nSPS) is 25.3. The molecule has 2 rings (SSSR count). The number of H-pyrrole nitrogens is 1. The first kappa shape index (κ1) is 11.1. The van der Waals surface area contributed by atoms with E-state index in [2.05, 4.69) is 27.4 Å². The van der Waals surface area contributed by atoms with Crippen LogP contribution in [0.25, 0.3) is 0 Å². The lowest BCUT2D eigenvalue weighted by molar-refractivity contribution is -0.126. The second-order valence-electron chi connectivity index (χ2n) is 4.61. The molecule has 1 heterocycles. The number of nitrogens with one attached hydrogen (secondary N) is 2. The summed E-state index contributed by atoms with van der Waals surface area (Å²) in [5, 5.41) is 9.36. The minimum Gasteiger partial charge on any atom is -0.349 e. The maximum atomic E-state index is 11.8. The van der Waals surface area contributed by atoms with Crippen LogP contribution < -0.4 is 5.32 Å². The van der Waals surface area contributed by atoms with E-state index in [0.29, 0.717) is 12.4 Å². The number of carbonyl (C=O) groups is 1. The van der Waals surface area contributed by atoms with Gasteiger partial charge in [-0.05, 0) is 31.6 Å². The van der Waals surface area contributed by atoms with Gasteiger partial charge in [-0.15, -0.1) is 0 Å². The van der Waals surface area contributed by atoms with Crippen molar-refractivity contribution in [3.05, 3.63) is 12.2 Å². The number of hydrogen-bond donors (Lipinski definition) is 2. The van der Waals surface area contributed by atoms with Gasteiger partial charge in [0.2, 0.25) is 5.91 Å². The van der Waals surface area contributed by atoms with E-state index >= 15 is 0 Å². The van der Waals surface area contributed by atoms with Crippen LogP contribution in [-0.2, 0) is 11.3 Å². The summed E-state index contributed by atoms with van der Waals surface area (Å²) >= 11 is 0. The molecule has 5 heteroatoms. The number of carbonyl (C=O) groups excluding carboxylic acids is 1. The second-order valence-corrected chi connectivity index (χ2v) is 4.61. The van der Waals surface area contributed by atoms with Crippen LogP contribution in [-0.4, -0.2) is 21.1 Å². The Hall–Kier alpha value is -1.39. The third-order valence-corrected chi connectivity index (χ3v) is 3.28. The lowest BCUT2D eigenvalue weighted by Gasteiger charge is -2.25. The number of hydrogen-bond acceptors (Lipinski definition) is 3. The van der Waals surface area contributed by atoms with Gasteiger partial charge in [-0.3, -0.25) is 9.89 Å². The van der Waals surface area contributed by atoms with Crippen molar-refractivity contribution in [2.45, 2.75) is 39.2 Å². The number of nitrogens with zero attached hydrogens (tertiary/aromatic N) is 2. The van der Waals surface area contributed by atoms with Crippen LogP contribution in [0, 0.1) is 11.8 Å². The number of amides is 1. The highest BCUT2D eigenvalue weighted by Gasteiger charge is 2.23. The SMILES string of the molecule is CC1CCC(C(=O)NCc2ncn[nH]2)CC1. The monoisotopic (exact) mass is 222 g/mol. The lowest BCUT2D eigenvalue weighted by atomic mass is 9.82. The smallest absolute Gasteiger partial charge is 0.223 e. The standard InChI is InChI=1S/C11H18N4O/c1-8-2-4-9(5-3-8)11(16)12-6-10-13-7-14-15-10/h7-9H,2-6H2,1H3,(H,12,16)(H,13,14,15). The molecule has 0 atom stereocenters. The Balaban J connectivity index is 1.75. The van der Waals surface area contributed by atoms with Gasteiger partial charge < -0.3 is 5.32 Å². The second kappa shape index (κ2) is 5.09. The maximum Gasteiger partial charge on any atom is 0.223 e. The first-order valence-corrected chi connectivity index (χ1v) is 5.87. The molecule has 1 aliphatic carbocycles. The number of aromatic nitrogens is 3. The van der Waals surface area contributed by atoms with E-state index < -0.39 is 0 Å². The van der Waals surface area contributed by atoms with Crippen molar-refractivity contribution in [3.8, 4) is 0 Å². The molecule has 16 heavy (non-hydrogen) atoms. The molecule has 1 fully saturated rings. The van der Waals surface area contributed by atoms with Gasteiger partial charge in [0, 0.05) is 5.92 Å². The molecule has 88 valence electrons. The summed E-state index contributed by atoms with van der Waals surface area (Å²) in [6.45, 7) is 2.70. The molecule has 1 saturated carbocycles. The minimum atomic E-state index is 0.156. The molecule has 1 aromatic heterocycles. The molecule has 1 amide bonds. The Morgan fingerprint density at radius 3 is 2.88 bits per heavy atom. The van der Waals surface area contributed by atoms with E-state index in [1.54, 1.807) is 0 Å². The Labute approximate surface area is 95.0 Å². The summed E-state index contributed by atoms with van der Waals surface area (Å²) in [5.74, 6) is 1.83. The summed E-state index contributed by atoms with van der Waals surface area (Å²) in [6.07, 6.45) is 5.82. The Bertz CT molecular complexity index is 328. The van der Waals surface area contributed by atoms with Crippen molar-refractivity contribution < 1.29 is 4.79 Å². The Morgan fingerprint density at radius 2 is 2.25 bits per heavy atom. The van der Waals surface area contributed by atoms with Crippen molar-refractivity contribution in [1.82, 2.24) is 20.5 Å². The summed E-state index contributed by atoms with van der Waals surface area (Å²) in [4.78, 5) is 15.8. The van der Waals surface area contributed by atoms with E-state index in [1.807, 2.05) is 0 Å². The van der Waals surface area contributed by atoms with Crippen LogP contribution in [0.1, 0.15) is 38.4 Å². The van der Waals surface area contributed by atoms with Crippen LogP contribution in [0.3, 0.4) is 0 Å². The average Bonchev–Trinajstić information content (AvgIpc) is 2.80. The van der Waals surface area contributed by atoms with Crippen molar-refractivity contribution in [3.63, 3.8) is 0 Å². The summed E-state index contributed by atoms with van der Waals surface area (Å²) in [7, 11) is 0. The zero-order valence-corrected chi connectivity index (χ0v) is 9.57. The van der Waals surface area contributed by atoms with Crippen molar-refractivity contribution in [1.29, 1.82) is 0 Å². The van der Waals surface area contributed by atoms with Gasteiger partial charge in [-0.25, -0.2) is 4.98 Å². The van der Waals surface area contributed by atoms with E-state index in [-0.39, 0.29) is 11.8 Å². The molecule has 5 nitrogen and oxygen atoms in total. The lowest BCUT2D eigenvalue weighted by Crippen LogP contribution is -2.32. The summed E-state index contributed by atoms with van der Waals surface area (Å²) in [6, 6.07) is 0. The fourth-order valence-electron chi connectivity index (χ4n) is 2.15. The molecule has 0 saturated heterocycles. The van der Waals surface area contributed by atoms with E-state index in [1.165, 1.54) is 19.2 Å². The fraction of sp³-hybridized carbons (Fsp3) is 0.727. The van der Waals surface area contributed by atoms with Gasteiger partial charge in [0.05, 0.1) is 6.54 Å². The molecule has 0 spiro atoms. The Morgan fingerprint density at radius 1 is 1.50 bits per heavy atom. The quantitative estimate of drug-likeness (QED) is 0.808. The van der Waals surface area contributed by atoms with Gasteiger partial charge in [0.1, 0.15) is 12.2 Å². The van der Waals surface area contributed by atoms with Crippen molar-refractivity contribution in [2.24, 2.45) is 11.8 Å². The van der Waals surface area contributed by atoms with Crippen LogP contribution >= 0.6 is 0 Å². The van der Waals surface area contributed by atoms with Crippen LogP contribution in [0.5, 0.6) is 0 Å². The number of aromatic amines is 1. The third-order valence-electron chi connectivity index (χ3n) is 3.28. The van der Waals surface area contributed by atoms with Gasteiger partial charge in [-0.2, -0.15) is 5.10 Å². The van der Waals surface area contributed by atoms with Crippen molar-refractivity contribution >= 4 is 5.91 Å². The fourth-order valence-corrected chi connectivity index (χ4v) is 2.15. The first-order valence-electron chi connectivity index (χ1n) is 5.87. The van der Waals surface area contributed by atoms with Gasteiger partial charge in [0.15, 0.2) is 0 Å². The molecule has 1 aliphatic rings. The average molecular weight is 222 g/mol. The largest absolute Gasteiger partial charge is 0.349 e. The van der Waals surface area contributed by atoms with E-state index in [4.69, 9.17) is 0 Å². The third kappa shape index (κ3) is 2.81. The molecule has 0 radical (unpaired) electrons. The highest BCUT2D eigenvalue weighted by atomic mass is 16.1. The number of rotatable bonds is 3. The maximum absolute atomic E-state index is 11.8. The summed E-state index contributed by atoms with van der Waals surface area (Å²) in [5.41, 5.74) is 0. The van der Waals surface area contributed by atoms with Gasteiger partial charge >= 0.3 is 0 Å². The molecule has 0 unspecified atom stereocenters. The molecular weight excluding hydrogens is 204 g/mol. The van der Waals surface area contributed by atoms with Crippen LogP contribution in [0.4, 0.5) is 0 Å². The predicted octanol–water partition coefficient (Wildman–Crippen LogP) is 1.25. The van der Waals surface area contributed by atoms with Gasteiger partial charge in [0.25, 0.3) is 0 Å². The van der Waals surface area contributed by atoms with Crippen LogP contribution in [0.2, 0.25) is 0 Å². The van der Waals surface area contributed by atoms with Gasteiger partial charge in [-0.1, -0.05) is 6.92 Å². The molecule has 0 bridgehead atoms. The summed E-state index contributed by atoms with van der Waals surface area (Å²) < 4.78 is 0. The molecular formula is C11H18N4O. The highest BCUT2D eigenvalue weighted by molar-refractivity contribution is 5.78. The molecule has 0 aromatic carbocycles. The topological polar surface area (TPSA) is 70.7 Å². The predicted molar refractivity (Wildman–Crippen MR) is 59.4 cm³/mol. The molecule has 2 N–H and O–H groups in total. The van der Waals surface area contributed by atoms with Crippen molar-refractivity contribution in [2.75, 3.05) is 0 Å². The first-order chi connectivity index (χ1) is 7.75. The molecule has 1 aromatic rings. The van der Waals surface area contributed by atoms with E-state index in [9.17, 15) is 4.79 Å². The zero-order chi connectivity index (χ0) is 11.4. The van der Waals surface area contributed by atoms with Crippen LogP contribution in [0.15, 0.2) is 6.33 Å². The highest BCUT2D eigenvalue weighted by Crippen LogP contribution is 2.28. The Kier molecular flexibility index (Phi) is 3.54. The zero-order valence-electron chi connectivity index (χ0n) is 9.57. The van der Waals surface area contributed by atoms with E-state index in [0.717, 1.165) is 18.8 Å². The minimum absolute atomic E-state index is 0.156.